The fourth-order valence-electron chi connectivity index (χ4n) is 1.25. The molecule has 0 aliphatic heterocycles. The number of halogens is 1. The minimum Gasteiger partial charge on any atom is -0.374 e. The molecule has 0 aromatic carbocycles. The van der Waals surface area contributed by atoms with Crippen molar-refractivity contribution in [3.05, 3.63) is 35.0 Å². The van der Waals surface area contributed by atoms with E-state index >= 15 is 0 Å². The second-order valence-electron chi connectivity index (χ2n) is 2.98. The Morgan fingerprint density at radius 3 is 2.31 bits per heavy atom. The van der Waals surface area contributed by atoms with E-state index in [-0.39, 0.29) is 0 Å². The van der Waals surface area contributed by atoms with Crippen LogP contribution in [-0.2, 0) is 0 Å². The van der Waals surface area contributed by atoms with Gasteiger partial charge in [0, 0.05) is 18.6 Å². The van der Waals surface area contributed by atoms with E-state index in [1.807, 2.05) is 27.0 Å². The van der Waals surface area contributed by atoms with Crippen LogP contribution in [0, 0.1) is 0 Å². The van der Waals surface area contributed by atoms with E-state index in [1.54, 1.807) is 6.08 Å². The molecule has 0 aliphatic rings. The fourth-order valence-corrected chi connectivity index (χ4v) is 1.54. The smallest absolute Gasteiger partial charge is 0.0537 e. The van der Waals surface area contributed by atoms with E-state index in [0.717, 1.165) is 22.8 Å². The lowest BCUT2D eigenvalue weighted by Gasteiger charge is -2.22. The molecule has 0 aromatic rings. The topological polar surface area (TPSA) is 3.24 Å². The molecule has 1 nitrogen and oxygen atoms in total. The third-order valence-electron chi connectivity index (χ3n) is 1.92. The van der Waals surface area contributed by atoms with Crippen LogP contribution in [0.25, 0.3) is 0 Å². The second-order valence-corrected chi connectivity index (χ2v) is 3.55. The SMILES string of the molecule is C=C/C=C(C)\C(=C(/C)Cl)N(C)CC. The van der Waals surface area contributed by atoms with Crippen LogP contribution < -0.4 is 0 Å². The summed E-state index contributed by atoms with van der Waals surface area (Å²) in [4.78, 5) is 2.12. The molecule has 0 heterocycles. The summed E-state index contributed by atoms with van der Waals surface area (Å²) in [6, 6.07) is 0. The molecule has 0 fully saturated rings. The standard InChI is InChI=1S/C11H18ClN/c1-6-8-9(3)11(10(4)12)13(5)7-2/h6,8H,1,7H2,2-5H3/b9-8-,11-10-. The number of allylic oxidation sites excluding steroid dienone is 4. The maximum Gasteiger partial charge on any atom is 0.0537 e. The van der Waals surface area contributed by atoms with Crippen molar-refractivity contribution in [2.45, 2.75) is 20.8 Å². The fraction of sp³-hybridized carbons (Fsp3) is 0.455. The molecular weight excluding hydrogens is 182 g/mol. The van der Waals surface area contributed by atoms with Crippen LogP contribution in [0.2, 0.25) is 0 Å². The van der Waals surface area contributed by atoms with Crippen molar-refractivity contribution in [3.8, 4) is 0 Å². The van der Waals surface area contributed by atoms with Gasteiger partial charge in [0.15, 0.2) is 0 Å². The lowest BCUT2D eigenvalue weighted by Crippen LogP contribution is -2.18. The summed E-state index contributed by atoms with van der Waals surface area (Å²) in [6.45, 7) is 10.7. The first-order chi connectivity index (χ1) is 6.04. The molecule has 0 aromatic heterocycles. The van der Waals surface area contributed by atoms with Crippen LogP contribution in [0.15, 0.2) is 35.0 Å². The van der Waals surface area contributed by atoms with Crippen molar-refractivity contribution in [2.75, 3.05) is 13.6 Å². The number of likely N-dealkylation sites (N-methyl/N-ethyl adjacent to an activating group) is 1. The van der Waals surface area contributed by atoms with Crippen LogP contribution in [0.4, 0.5) is 0 Å². The van der Waals surface area contributed by atoms with Gasteiger partial charge in [-0.25, -0.2) is 0 Å². The summed E-state index contributed by atoms with van der Waals surface area (Å²) in [7, 11) is 2.03. The van der Waals surface area contributed by atoms with Gasteiger partial charge in [-0.15, -0.1) is 0 Å². The number of rotatable bonds is 4. The highest BCUT2D eigenvalue weighted by Gasteiger charge is 2.06. The first-order valence-electron chi connectivity index (χ1n) is 4.41. The highest BCUT2D eigenvalue weighted by atomic mass is 35.5. The Bertz CT molecular complexity index is 234. The lowest BCUT2D eigenvalue weighted by molar-refractivity contribution is 0.447. The molecule has 0 atom stereocenters. The molecule has 0 amide bonds. The van der Waals surface area contributed by atoms with Gasteiger partial charge in [-0.2, -0.15) is 0 Å². The van der Waals surface area contributed by atoms with Crippen molar-refractivity contribution in [1.29, 1.82) is 0 Å². The molecule has 0 aliphatic carbocycles. The highest BCUT2D eigenvalue weighted by molar-refractivity contribution is 6.29. The molecule has 0 saturated heterocycles. The molecule has 13 heavy (non-hydrogen) atoms. The van der Waals surface area contributed by atoms with Gasteiger partial charge in [-0.05, 0) is 26.3 Å². The second kappa shape index (κ2) is 5.87. The van der Waals surface area contributed by atoms with E-state index in [0.29, 0.717) is 0 Å². The first-order valence-corrected chi connectivity index (χ1v) is 4.79. The minimum absolute atomic E-state index is 0.819. The Morgan fingerprint density at radius 2 is 2.00 bits per heavy atom. The van der Waals surface area contributed by atoms with Crippen molar-refractivity contribution in [3.63, 3.8) is 0 Å². The highest BCUT2D eigenvalue weighted by Crippen LogP contribution is 2.20. The summed E-state index contributed by atoms with van der Waals surface area (Å²) in [5, 5.41) is 0.819. The molecule has 0 N–H and O–H groups in total. The van der Waals surface area contributed by atoms with Gasteiger partial charge in [0.25, 0.3) is 0 Å². The molecule has 2 heteroatoms. The van der Waals surface area contributed by atoms with Crippen molar-refractivity contribution in [1.82, 2.24) is 4.90 Å². The zero-order valence-corrected chi connectivity index (χ0v) is 9.65. The van der Waals surface area contributed by atoms with Gasteiger partial charge in [0.1, 0.15) is 0 Å². The zero-order valence-electron chi connectivity index (χ0n) is 8.89. The summed E-state index contributed by atoms with van der Waals surface area (Å²) < 4.78 is 0. The maximum absolute atomic E-state index is 6.01. The normalized spacial score (nSPS) is 13.8. The van der Waals surface area contributed by atoms with Gasteiger partial charge < -0.3 is 4.90 Å². The van der Waals surface area contributed by atoms with Crippen LogP contribution in [-0.4, -0.2) is 18.5 Å². The van der Waals surface area contributed by atoms with Gasteiger partial charge in [-0.1, -0.05) is 30.3 Å². The van der Waals surface area contributed by atoms with Crippen LogP contribution in [0.5, 0.6) is 0 Å². The monoisotopic (exact) mass is 199 g/mol. The van der Waals surface area contributed by atoms with Gasteiger partial charge in [0.2, 0.25) is 0 Å². The summed E-state index contributed by atoms with van der Waals surface area (Å²) in [5.41, 5.74) is 2.23. The lowest BCUT2D eigenvalue weighted by atomic mass is 10.1. The van der Waals surface area contributed by atoms with Crippen LogP contribution in [0.3, 0.4) is 0 Å². The average molecular weight is 200 g/mol. The minimum atomic E-state index is 0.819. The van der Waals surface area contributed by atoms with Gasteiger partial charge in [0.05, 0.1) is 5.70 Å². The van der Waals surface area contributed by atoms with Crippen molar-refractivity contribution >= 4 is 11.6 Å². The molecule has 0 saturated carbocycles. The molecule has 0 rings (SSSR count). The molecular formula is C11H18ClN. The van der Waals surface area contributed by atoms with E-state index in [2.05, 4.69) is 18.4 Å². The number of hydrogen-bond acceptors (Lipinski definition) is 1. The largest absolute Gasteiger partial charge is 0.374 e. The Hall–Kier alpha value is -0.690. The number of hydrogen-bond donors (Lipinski definition) is 0. The van der Waals surface area contributed by atoms with E-state index < -0.39 is 0 Å². The summed E-state index contributed by atoms with van der Waals surface area (Å²) in [6.07, 6.45) is 3.74. The summed E-state index contributed by atoms with van der Waals surface area (Å²) >= 11 is 6.01. The Labute approximate surface area is 86.4 Å². The Balaban J connectivity index is 4.95. The number of nitrogens with zero attached hydrogens (tertiary/aromatic N) is 1. The average Bonchev–Trinajstić information content (AvgIpc) is 2.04. The maximum atomic E-state index is 6.01. The predicted molar refractivity (Wildman–Crippen MR) is 60.8 cm³/mol. The Kier molecular flexibility index (Phi) is 5.56. The van der Waals surface area contributed by atoms with E-state index in [1.165, 1.54) is 0 Å². The van der Waals surface area contributed by atoms with E-state index in [9.17, 15) is 0 Å². The molecule has 0 unspecified atom stereocenters. The van der Waals surface area contributed by atoms with Crippen LogP contribution >= 0.6 is 11.6 Å². The van der Waals surface area contributed by atoms with Crippen molar-refractivity contribution in [2.24, 2.45) is 0 Å². The van der Waals surface area contributed by atoms with Crippen LogP contribution in [0.1, 0.15) is 20.8 Å². The third-order valence-corrected chi connectivity index (χ3v) is 2.10. The summed E-state index contributed by atoms with van der Waals surface area (Å²) in [5.74, 6) is 0. The van der Waals surface area contributed by atoms with Crippen molar-refractivity contribution < 1.29 is 0 Å². The van der Waals surface area contributed by atoms with Gasteiger partial charge in [-0.3, -0.25) is 0 Å². The zero-order chi connectivity index (χ0) is 10.4. The molecule has 0 spiro atoms. The molecule has 0 bridgehead atoms. The van der Waals surface area contributed by atoms with Gasteiger partial charge >= 0.3 is 0 Å². The third kappa shape index (κ3) is 3.69. The van der Waals surface area contributed by atoms with E-state index in [4.69, 9.17) is 11.6 Å². The molecule has 74 valence electrons. The molecule has 0 radical (unpaired) electrons. The first kappa shape index (κ1) is 12.3. The Morgan fingerprint density at radius 1 is 1.46 bits per heavy atom. The predicted octanol–water partition coefficient (Wildman–Crippen LogP) is 3.54. The quantitative estimate of drug-likeness (QED) is 0.626.